The minimum atomic E-state index is -0.800. The second-order valence-electron chi connectivity index (χ2n) is 5.53. The molecule has 1 N–H and O–H groups in total. The molecule has 2 aliphatic carbocycles. The number of aliphatic carboxylic acids is 1. The highest BCUT2D eigenvalue weighted by Crippen LogP contribution is 2.40. The van der Waals surface area contributed by atoms with Crippen LogP contribution in [0.15, 0.2) is 5.16 Å². The van der Waals surface area contributed by atoms with Crippen LogP contribution >= 0.6 is 11.8 Å². The monoisotopic (exact) mass is 281 g/mol. The summed E-state index contributed by atoms with van der Waals surface area (Å²) in [5.41, 5.74) is 0. The molecule has 0 aromatic carbocycles. The van der Waals surface area contributed by atoms with Crippen molar-refractivity contribution in [1.29, 1.82) is 0 Å². The van der Waals surface area contributed by atoms with Gasteiger partial charge in [-0.1, -0.05) is 31.0 Å². The first-order valence-electron chi connectivity index (χ1n) is 7.01. The highest BCUT2D eigenvalue weighted by Gasteiger charge is 2.31. The predicted octanol–water partition coefficient (Wildman–Crippen LogP) is 2.52. The van der Waals surface area contributed by atoms with E-state index in [4.69, 9.17) is 5.11 Å². The zero-order valence-corrected chi connectivity index (χ0v) is 11.7. The molecular weight excluding hydrogens is 262 g/mol. The number of carbonyl (C=O) groups is 1. The molecule has 0 bridgehead atoms. The van der Waals surface area contributed by atoms with Gasteiger partial charge in [-0.2, -0.15) is 0 Å². The van der Waals surface area contributed by atoms with Crippen LogP contribution in [0.25, 0.3) is 0 Å². The van der Waals surface area contributed by atoms with Gasteiger partial charge in [-0.25, -0.2) is 0 Å². The molecule has 1 heterocycles. The van der Waals surface area contributed by atoms with Crippen molar-refractivity contribution >= 4 is 17.7 Å². The van der Waals surface area contributed by atoms with Crippen molar-refractivity contribution in [3.63, 3.8) is 0 Å². The largest absolute Gasteiger partial charge is 0.481 e. The van der Waals surface area contributed by atoms with Crippen LogP contribution in [-0.2, 0) is 11.3 Å². The number of hydrogen-bond donors (Lipinski definition) is 1. The molecule has 5 nitrogen and oxygen atoms in total. The van der Waals surface area contributed by atoms with Crippen molar-refractivity contribution in [3.05, 3.63) is 5.82 Å². The van der Waals surface area contributed by atoms with Crippen LogP contribution in [0.5, 0.6) is 0 Å². The summed E-state index contributed by atoms with van der Waals surface area (Å²) in [7, 11) is 0. The van der Waals surface area contributed by atoms with Gasteiger partial charge < -0.3 is 9.67 Å². The van der Waals surface area contributed by atoms with E-state index < -0.39 is 5.97 Å². The van der Waals surface area contributed by atoms with Crippen molar-refractivity contribution in [2.75, 3.05) is 5.75 Å². The first-order valence-corrected chi connectivity index (χ1v) is 8.00. The van der Waals surface area contributed by atoms with Gasteiger partial charge >= 0.3 is 5.97 Å². The Balaban J connectivity index is 1.68. The molecule has 1 aromatic rings. The van der Waals surface area contributed by atoms with E-state index in [1.165, 1.54) is 50.3 Å². The molecule has 2 saturated carbocycles. The lowest BCUT2D eigenvalue weighted by Crippen LogP contribution is -2.15. The second-order valence-corrected chi connectivity index (χ2v) is 6.48. The van der Waals surface area contributed by atoms with E-state index in [9.17, 15) is 4.79 Å². The molecule has 0 aliphatic heterocycles. The summed E-state index contributed by atoms with van der Waals surface area (Å²) in [5.74, 6) is 1.75. The standard InChI is InChI=1S/C13H19N3O2S/c17-11(18)8-19-13-15-14-12(10-4-5-10)16(13)7-6-9-2-1-3-9/h9-10H,1-8H2,(H,17,18). The van der Waals surface area contributed by atoms with Gasteiger partial charge in [0.2, 0.25) is 0 Å². The molecule has 19 heavy (non-hydrogen) atoms. The highest BCUT2D eigenvalue weighted by molar-refractivity contribution is 7.99. The summed E-state index contributed by atoms with van der Waals surface area (Å²) in [6, 6.07) is 0. The molecule has 104 valence electrons. The maximum absolute atomic E-state index is 10.7. The van der Waals surface area contributed by atoms with E-state index in [1.54, 1.807) is 0 Å². The SMILES string of the molecule is O=C(O)CSc1nnc(C2CC2)n1CCC1CCC1. The fourth-order valence-corrected chi connectivity index (χ4v) is 3.17. The Morgan fingerprint density at radius 1 is 1.32 bits per heavy atom. The number of nitrogens with zero attached hydrogens (tertiary/aromatic N) is 3. The van der Waals surface area contributed by atoms with Crippen LogP contribution in [0.1, 0.15) is 50.3 Å². The molecule has 0 unspecified atom stereocenters. The average molecular weight is 281 g/mol. The Bertz CT molecular complexity index is 466. The zero-order valence-electron chi connectivity index (χ0n) is 10.9. The predicted molar refractivity (Wildman–Crippen MR) is 72.3 cm³/mol. The van der Waals surface area contributed by atoms with Crippen molar-refractivity contribution in [2.45, 2.75) is 56.1 Å². The lowest BCUT2D eigenvalue weighted by Gasteiger charge is -2.25. The molecule has 3 rings (SSSR count). The Labute approximate surface area is 116 Å². The quantitative estimate of drug-likeness (QED) is 0.778. The van der Waals surface area contributed by atoms with Gasteiger partial charge in [0.15, 0.2) is 5.16 Å². The summed E-state index contributed by atoms with van der Waals surface area (Å²) in [6.07, 6.45) is 7.63. The Hall–Kier alpha value is -1.04. The number of aromatic nitrogens is 3. The normalized spacial score (nSPS) is 19.4. The third kappa shape index (κ3) is 3.11. The van der Waals surface area contributed by atoms with Crippen LogP contribution in [0.2, 0.25) is 0 Å². The van der Waals surface area contributed by atoms with Crippen LogP contribution in [0.3, 0.4) is 0 Å². The fraction of sp³-hybridized carbons (Fsp3) is 0.769. The minimum absolute atomic E-state index is 0.0617. The third-order valence-corrected chi connectivity index (χ3v) is 4.95. The highest BCUT2D eigenvalue weighted by atomic mass is 32.2. The first kappa shape index (κ1) is 13.0. The molecule has 0 spiro atoms. The molecular formula is C13H19N3O2S. The van der Waals surface area contributed by atoms with E-state index in [2.05, 4.69) is 14.8 Å². The smallest absolute Gasteiger partial charge is 0.313 e. The van der Waals surface area contributed by atoms with Crippen molar-refractivity contribution in [1.82, 2.24) is 14.8 Å². The van der Waals surface area contributed by atoms with Gasteiger partial charge in [-0.15, -0.1) is 10.2 Å². The summed E-state index contributed by atoms with van der Waals surface area (Å²) in [5, 5.41) is 18.0. The molecule has 0 radical (unpaired) electrons. The molecule has 0 atom stereocenters. The molecule has 2 aliphatic rings. The number of hydrogen-bond acceptors (Lipinski definition) is 4. The fourth-order valence-electron chi connectivity index (χ4n) is 2.48. The lowest BCUT2D eigenvalue weighted by atomic mass is 9.83. The van der Waals surface area contributed by atoms with Gasteiger partial charge in [-0.3, -0.25) is 4.79 Å². The molecule has 1 aromatic heterocycles. The van der Waals surface area contributed by atoms with Gasteiger partial charge in [0.1, 0.15) is 5.82 Å². The molecule has 0 saturated heterocycles. The Morgan fingerprint density at radius 2 is 2.11 bits per heavy atom. The number of rotatable bonds is 7. The first-order chi connectivity index (χ1) is 9.24. The maximum Gasteiger partial charge on any atom is 0.313 e. The van der Waals surface area contributed by atoms with E-state index in [0.29, 0.717) is 5.92 Å². The third-order valence-electron chi connectivity index (χ3n) is 4.00. The summed E-state index contributed by atoms with van der Waals surface area (Å²) in [6.45, 7) is 0.950. The number of thioether (sulfide) groups is 1. The van der Waals surface area contributed by atoms with Crippen LogP contribution in [-0.4, -0.2) is 31.6 Å². The number of carboxylic acids is 1. The summed E-state index contributed by atoms with van der Waals surface area (Å²) in [4.78, 5) is 10.7. The van der Waals surface area contributed by atoms with Crippen molar-refractivity contribution in [3.8, 4) is 0 Å². The van der Waals surface area contributed by atoms with E-state index in [0.717, 1.165) is 23.4 Å². The Kier molecular flexibility index (Phi) is 3.77. The van der Waals surface area contributed by atoms with Crippen LogP contribution < -0.4 is 0 Å². The molecule has 0 amide bonds. The van der Waals surface area contributed by atoms with Crippen molar-refractivity contribution < 1.29 is 9.90 Å². The summed E-state index contributed by atoms with van der Waals surface area (Å²) < 4.78 is 2.17. The summed E-state index contributed by atoms with van der Waals surface area (Å²) >= 11 is 1.29. The average Bonchev–Trinajstić information content (AvgIpc) is 3.07. The van der Waals surface area contributed by atoms with Crippen LogP contribution in [0, 0.1) is 5.92 Å². The molecule has 6 heteroatoms. The lowest BCUT2D eigenvalue weighted by molar-refractivity contribution is -0.133. The topological polar surface area (TPSA) is 68.0 Å². The second kappa shape index (κ2) is 5.53. The van der Waals surface area contributed by atoms with Gasteiger partial charge in [-0.05, 0) is 25.2 Å². The van der Waals surface area contributed by atoms with Gasteiger partial charge in [0.05, 0.1) is 5.75 Å². The van der Waals surface area contributed by atoms with Gasteiger partial charge in [0, 0.05) is 12.5 Å². The maximum atomic E-state index is 10.7. The van der Waals surface area contributed by atoms with Crippen molar-refractivity contribution in [2.24, 2.45) is 5.92 Å². The minimum Gasteiger partial charge on any atom is -0.481 e. The van der Waals surface area contributed by atoms with Crippen LogP contribution in [0.4, 0.5) is 0 Å². The van der Waals surface area contributed by atoms with E-state index in [-0.39, 0.29) is 5.75 Å². The van der Waals surface area contributed by atoms with E-state index >= 15 is 0 Å². The zero-order chi connectivity index (χ0) is 13.2. The van der Waals surface area contributed by atoms with E-state index in [1.807, 2.05) is 0 Å². The Morgan fingerprint density at radius 3 is 2.68 bits per heavy atom. The number of carboxylic acid groups (broad SMARTS) is 1. The van der Waals surface area contributed by atoms with Gasteiger partial charge in [0.25, 0.3) is 0 Å². The molecule has 2 fully saturated rings.